The highest BCUT2D eigenvalue weighted by Crippen LogP contribution is 2.11. The summed E-state index contributed by atoms with van der Waals surface area (Å²) in [5.74, 6) is 0.214. The molecule has 0 aliphatic heterocycles. The lowest BCUT2D eigenvalue weighted by Crippen LogP contribution is -2.30. The van der Waals surface area contributed by atoms with E-state index in [1.54, 1.807) is 12.1 Å². The second kappa shape index (κ2) is 10.4. The third-order valence-electron chi connectivity index (χ3n) is 4.00. The van der Waals surface area contributed by atoms with E-state index in [1.165, 1.54) is 6.42 Å². The van der Waals surface area contributed by atoms with Gasteiger partial charge in [-0.3, -0.25) is 4.79 Å². The van der Waals surface area contributed by atoms with Crippen molar-refractivity contribution in [2.75, 3.05) is 12.3 Å². The van der Waals surface area contributed by atoms with Gasteiger partial charge in [0, 0.05) is 13.0 Å². The zero-order chi connectivity index (χ0) is 17.1. The monoisotopic (exact) mass is 339 g/mol. The molecule has 0 spiro atoms. The molecule has 1 N–H and O–H groups in total. The van der Waals surface area contributed by atoms with Crippen molar-refractivity contribution in [2.24, 2.45) is 5.92 Å². The number of benzene rings is 1. The highest BCUT2D eigenvalue weighted by Gasteiger charge is 2.15. The average molecular weight is 340 g/mol. The Hall–Kier alpha value is -1.36. The minimum atomic E-state index is -3.25. The molecule has 1 rings (SSSR count). The number of rotatable bonds is 11. The summed E-state index contributed by atoms with van der Waals surface area (Å²) in [6, 6.07) is 9.07. The maximum absolute atomic E-state index is 12.1. The number of amides is 1. The minimum absolute atomic E-state index is 0.00476. The number of sulfone groups is 1. The van der Waals surface area contributed by atoms with Gasteiger partial charge in [-0.15, -0.1) is 0 Å². The van der Waals surface area contributed by atoms with Crippen molar-refractivity contribution in [3.05, 3.63) is 35.9 Å². The van der Waals surface area contributed by atoms with Crippen molar-refractivity contribution < 1.29 is 13.2 Å². The first kappa shape index (κ1) is 19.7. The topological polar surface area (TPSA) is 63.2 Å². The molecule has 5 heteroatoms. The first-order valence-electron chi connectivity index (χ1n) is 8.48. The average Bonchev–Trinajstić information content (AvgIpc) is 2.54. The van der Waals surface area contributed by atoms with Gasteiger partial charge in [-0.2, -0.15) is 0 Å². The van der Waals surface area contributed by atoms with E-state index in [1.807, 2.05) is 18.2 Å². The van der Waals surface area contributed by atoms with Gasteiger partial charge < -0.3 is 5.32 Å². The molecular weight excluding hydrogens is 310 g/mol. The number of carbonyl (C=O) groups excluding carboxylic acids is 1. The molecule has 0 saturated carbocycles. The SMILES string of the molecule is CCCCC(CC)CNC(=O)CCS(=O)(=O)Cc1ccccc1. The van der Waals surface area contributed by atoms with Crippen LogP contribution in [-0.4, -0.2) is 26.6 Å². The summed E-state index contributed by atoms with van der Waals surface area (Å²) in [7, 11) is -3.25. The third kappa shape index (κ3) is 8.74. The summed E-state index contributed by atoms with van der Waals surface area (Å²) in [5.41, 5.74) is 0.763. The van der Waals surface area contributed by atoms with E-state index in [2.05, 4.69) is 19.2 Å². The second-order valence-corrected chi connectivity index (χ2v) is 8.23. The Bertz CT molecular complexity index is 555. The third-order valence-corrected chi connectivity index (χ3v) is 5.60. The highest BCUT2D eigenvalue weighted by atomic mass is 32.2. The molecule has 0 aliphatic carbocycles. The fourth-order valence-corrected chi connectivity index (χ4v) is 3.78. The van der Waals surface area contributed by atoms with Gasteiger partial charge in [0.15, 0.2) is 9.84 Å². The summed E-state index contributed by atoms with van der Waals surface area (Å²) in [6.07, 6.45) is 4.51. The van der Waals surface area contributed by atoms with Crippen molar-refractivity contribution in [3.8, 4) is 0 Å². The predicted octanol–water partition coefficient (Wildman–Crippen LogP) is 3.32. The first-order chi connectivity index (χ1) is 11.0. The molecule has 130 valence electrons. The Morgan fingerprint density at radius 1 is 1.17 bits per heavy atom. The standard InChI is InChI=1S/C18H29NO3S/c1-3-5-9-16(4-2)14-19-18(20)12-13-23(21,22)15-17-10-7-6-8-11-17/h6-8,10-11,16H,3-5,9,12-15H2,1-2H3,(H,19,20). The van der Waals surface area contributed by atoms with Gasteiger partial charge >= 0.3 is 0 Å². The second-order valence-electron chi connectivity index (χ2n) is 6.05. The van der Waals surface area contributed by atoms with Crippen LogP contribution in [0.2, 0.25) is 0 Å². The van der Waals surface area contributed by atoms with Crippen molar-refractivity contribution in [1.29, 1.82) is 0 Å². The molecule has 1 aromatic rings. The molecule has 1 aromatic carbocycles. The van der Waals surface area contributed by atoms with Crippen LogP contribution in [0.25, 0.3) is 0 Å². The number of carbonyl (C=O) groups is 1. The lowest BCUT2D eigenvalue weighted by atomic mass is 9.99. The van der Waals surface area contributed by atoms with Crippen LogP contribution in [0.15, 0.2) is 30.3 Å². The predicted molar refractivity (Wildman–Crippen MR) is 94.9 cm³/mol. The molecule has 1 amide bonds. The van der Waals surface area contributed by atoms with Crippen LogP contribution in [0.4, 0.5) is 0 Å². The van der Waals surface area contributed by atoms with E-state index < -0.39 is 9.84 Å². The van der Waals surface area contributed by atoms with Crippen LogP contribution >= 0.6 is 0 Å². The molecule has 1 atom stereocenters. The van der Waals surface area contributed by atoms with Crippen LogP contribution in [0, 0.1) is 5.92 Å². The summed E-state index contributed by atoms with van der Waals surface area (Å²) in [6.45, 7) is 4.92. The minimum Gasteiger partial charge on any atom is -0.356 e. The van der Waals surface area contributed by atoms with Crippen molar-refractivity contribution in [3.63, 3.8) is 0 Å². The lowest BCUT2D eigenvalue weighted by molar-refractivity contribution is -0.120. The molecule has 0 aliphatic rings. The van der Waals surface area contributed by atoms with Gasteiger partial charge in [0.25, 0.3) is 0 Å². The molecule has 0 fully saturated rings. The summed E-state index contributed by atoms with van der Waals surface area (Å²) in [5, 5.41) is 2.88. The molecule has 1 unspecified atom stereocenters. The molecule has 0 aromatic heterocycles. The van der Waals surface area contributed by atoms with Gasteiger partial charge in [0.2, 0.25) is 5.91 Å². The van der Waals surface area contributed by atoms with Crippen LogP contribution in [0.3, 0.4) is 0 Å². The quantitative estimate of drug-likeness (QED) is 0.672. The fraction of sp³-hybridized carbons (Fsp3) is 0.611. The Labute approximate surface area is 140 Å². The van der Waals surface area contributed by atoms with E-state index in [-0.39, 0.29) is 23.8 Å². The maximum Gasteiger partial charge on any atom is 0.221 e. The molecule has 0 bridgehead atoms. The molecular formula is C18H29NO3S. The van der Waals surface area contributed by atoms with E-state index in [0.717, 1.165) is 24.8 Å². The zero-order valence-electron chi connectivity index (χ0n) is 14.3. The highest BCUT2D eigenvalue weighted by molar-refractivity contribution is 7.90. The number of hydrogen-bond donors (Lipinski definition) is 1. The van der Waals surface area contributed by atoms with Crippen molar-refractivity contribution >= 4 is 15.7 Å². The lowest BCUT2D eigenvalue weighted by Gasteiger charge is -2.15. The van der Waals surface area contributed by atoms with Crippen molar-refractivity contribution in [1.82, 2.24) is 5.32 Å². The Morgan fingerprint density at radius 2 is 1.87 bits per heavy atom. The van der Waals surface area contributed by atoms with Gasteiger partial charge in [-0.05, 0) is 17.9 Å². The van der Waals surface area contributed by atoms with Crippen molar-refractivity contribution in [2.45, 2.75) is 51.7 Å². The van der Waals surface area contributed by atoms with Gasteiger partial charge in [-0.25, -0.2) is 8.42 Å². The van der Waals surface area contributed by atoms with Gasteiger partial charge in [0.05, 0.1) is 11.5 Å². The molecule has 23 heavy (non-hydrogen) atoms. The van der Waals surface area contributed by atoms with Crippen LogP contribution in [-0.2, 0) is 20.4 Å². The zero-order valence-corrected chi connectivity index (χ0v) is 15.1. The van der Waals surface area contributed by atoms with E-state index in [9.17, 15) is 13.2 Å². The number of hydrogen-bond acceptors (Lipinski definition) is 3. The normalized spacial score (nSPS) is 12.8. The Balaban J connectivity index is 2.34. The maximum atomic E-state index is 12.1. The Morgan fingerprint density at radius 3 is 2.48 bits per heavy atom. The summed E-state index contributed by atoms with van der Waals surface area (Å²) >= 11 is 0. The largest absolute Gasteiger partial charge is 0.356 e. The smallest absolute Gasteiger partial charge is 0.221 e. The summed E-state index contributed by atoms with van der Waals surface area (Å²) < 4.78 is 24.1. The number of nitrogens with one attached hydrogen (secondary N) is 1. The van der Waals surface area contributed by atoms with Gasteiger partial charge in [-0.1, -0.05) is 63.4 Å². The molecule has 0 heterocycles. The number of unbranched alkanes of at least 4 members (excludes halogenated alkanes) is 1. The van der Waals surface area contributed by atoms with E-state index in [4.69, 9.17) is 0 Å². The summed E-state index contributed by atoms with van der Waals surface area (Å²) in [4.78, 5) is 11.9. The van der Waals surface area contributed by atoms with Crippen LogP contribution in [0.1, 0.15) is 51.5 Å². The fourth-order valence-electron chi connectivity index (χ4n) is 2.44. The van der Waals surface area contributed by atoms with E-state index >= 15 is 0 Å². The van der Waals surface area contributed by atoms with Crippen LogP contribution in [0.5, 0.6) is 0 Å². The molecule has 0 radical (unpaired) electrons. The first-order valence-corrected chi connectivity index (χ1v) is 10.3. The molecule has 0 saturated heterocycles. The van der Waals surface area contributed by atoms with E-state index in [0.29, 0.717) is 12.5 Å². The Kier molecular flexibility index (Phi) is 8.92. The van der Waals surface area contributed by atoms with Gasteiger partial charge in [0.1, 0.15) is 0 Å². The molecule has 4 nitrogen and oxygen atoms in total. The van der Waals surface area contributed by atoms with Crippen LogP contribution < -0.4 is 5.32 Å².